The van der Waals surface area contributed by atoms with Crippen LogP contribution in [0.15, 0.2) is 32.3 Å². The van der Waals surface area contributed by atoms with Crippen molar-refractivity contribution >= 4 is 26.8 Å². The van der Waals surface area contributed by atoms with Gasteiger partial charge in [-0.15, -0.1) is 0 Å². The maximum absolute atomic E-state index is 13.1. The van der Waals surface area contributed by atoms with E-state index in [1.807, 2.05) is 0 Å². The van der Waals surface area contributed by atoms with Crippen molar-refractivity contribution in [3.8, 4) is 5.75 Å². The van der Waals surface area contributed by atoms with Crippen molar-refractivity contribution in [3.63, 3.8) is 0 Å². The van der Waals surface area contributed by atoms with Crippen LogP contribution < -0.4 is 11.0 Å². The molecule has 0 saturated heterocycles. The minimum atomic E-state index is -0.914. The second kappa shape index (κ2) is 3.71. The molecule has 1 aromatic carbocycles. The van der Waals surface area contributed by atoms with Gasteiger partial charge in [0.05, 0.1) is 10.9 Å². The second-order valence-electron chi connectivity index (χ2n) is 3.16. The first-order valence-electron chi connectivity index (χ1n) is 4.24. The van der Waals surface area contributed by atoms with Crippen LogP contribution in [0.3, 0.4) is 0 Å². The summed E-state index contributed by atoms with van der Waals surface area (Å²) in [6.45, 7) is 0. The highest BCUT2D eigenvalue weighted by Crippen LogP contribution is 2.29. The number of aromatic amines is 1. The smallest absolute Gasteiger partial charge is 0.296 e. The third kappa shape index (κ3) is 1.71. The Morgan fingerprint density at radius 3 is 2.62 bits per heavy atom. The Hall–Kier alpha value is -1.69. The molecule has 0 aliphatic carbocycles. The molecule has 2 N–H and O–H groups in total. The molecule has 0 radical (unpaired) electrons. The molecule has 0 saturated carbocycles. The molecule has 16 heavy (non-hydrogen) atoms. The standard InChI is InChI=1S/C10H5BrFNO3/c11-5-1-4(12)2-6-9(5)7(14)3-8(15)10(16)13-6/h1-3,14H,(H,13,15,16). The van der Waals surface area contributed by atoms with Crippen molar-refractivity contribution in [2.24, 2.45) is 0 Å². The Bertz CT molecular complexity index is 696. The van der Waals surface area contributed by atoms with Crippen LogP contribution >= 0.6 is 15.9 Å². The normalized spacial score (nSPS) is 10.6. The summed E-state index contributed by atoms with van der Waals surface area (Å²) >= 11 is 3.04. The van der Waals surface area contributed by atoms with Gasteiger partial charge in [-0.1, -0.05) is 0 Å². The Kier molecular flexibility index (Phi) is 2.51. The fourth-order valence-electron chi connectivity index (χ4n) is 1.38. The summed E-state index contributed by atoms with van der Waals surface area (Å²) in [7, 11) is 0. The van der Waals surface area contributed by atoms with Crippen molar-refractivity contribution in [2.75, 3.05) is 0 Å². The van der Waals surface area contributed by atoms with Gasteiger partial charge in [-0.2, -0.15) is 0 Å². The lowest BCUT2D eigenvalue weighted by atomic mass is 10.2. The van der Waals surface area contributed by atoms with Crippen LogP contribution in [0.2, 0.25) is 0 Å². The average molecular weight is 286 g/mol. The zero-order valence-electron chi connectivity index (χ0n) is 7.75. The van der Waals surface area contributed by atoms with E-state index in [-0.39, 0.29) is 21.1 Å². The van der Waals surface area contributed by atoms with Gasteiger partial charge in [0.15, 0.2) is 0 Å². The largest absolute Gasteiger partial charge is 0.507 e. The average Bonchev–Trinajstić information content (AvgIpc) is 2.24. The van der Waals surface area contributed by atoms with E-state index < -0.39 is 16.8 Å². The molecule has 6 heteroatoms. The van der Waals surface area contributed by atoms with E-state index in [1.54, 1.807) is 0 Å². The van der Waals surface area contributed by atoms with Crippen molar-refractivity contribution in [3.05, 3.63) is 49.1 Å². The van der Waals surface area contributed by atoms with Crippen molar-refractivity contribution < 1.29 is 9.50 Å². The van der Waals surface area contributed by atoms with Gasteiger partial charge in [0, 0.05) is 10.5 Å². The third-order valence-electron chi connectivity index (χ3n) is 2.05. The van der Waals surface area contributed by atoms with Crippen LogP contribution in [0, 0.1) is 5.82 Å². The zero-order chi connectivity index (χ0) is 11.9. The minimum Gasteiger partial charge on any atom is -0.507 e. The molecule has 2 aromatic rings. The maximum Gasteiger partial charge on any atom is 0.296 e. The lowest BCUT2D eigenvalue weighted by Gasteiger charge is -1.99. The molecule has 1 heterocycles. The highest BCUT2D eigenvalue weighted by molar-refractivity contribution is 9.10. The third-order valence-corrected chi connectivity index (χ3v) is 2.68. The fraction of sp³-hybridized carbons (Fsp3) is 0. The molecule has 4 nitrogen and oxygen atoms in total. The predicted octanol–water partition coefficient (Wildman–Crippen LogP) is 1.50. The summed E-state index contributed by atoms with van der Waals surface area (Å²) in [5.41, 5.74) is -1.75. The summed E-state index contributed by atoms with van der Waals surface area (Å²) in [6.07, 6.45) is 0. The summed E-state index contributed by atoms with van der Waals surface area (Å²) in [4.78, 5) is 24.5. The molecular weight excluding hydrogens is 281 g/mol. The Balaban J connectivity index is 3.16. The summed E-state index contributed by atoms with van der Waals surface area (Å²) < 4.78 is 13.3. The van der Waals surface area contributed by atoms with Gasteiger partial charge in [-0.05, 0) is 28.1 Å². The topological polar surface area (TPSA) is 70.2 Å². The number of fused-ring (bicyclic) bond motifs is 1. The minimum absolute atomic E-state index is 0.0523. The van der Waals surface area contributed by atoms with Crippen LogP contribution in [0.25, 0.3) is 10.9 Å². The summed E-state index contributed by atoms with van der Waals surface area (Å²) in [5, 5.41) is 9.78. The van der Waals surface area contributed by atoms with Crippen LogP contribution in [-0.4, -0.2) is 10.1 Å². The van der Waals surface area contributed by atoms with Crippen LogP contribution in [0.5, 0.6) is 5.75 Å². The second-order valence-corrected chi connectivity index (χ2v) is 4.01. The van der Waals surface area contributed by atoms with Crippen molar-refractivity contribution in [2.45, 2.75) is 0 Å². The number of aromatic hydroxyl groups is 1. The van der Waals surface area contributed by atoms with E-state index in [0.29, 0.717) is 0 Å². The molecule has 0 atom stereocenters. The van der Waals surface area contributed by atoms with Crippen molar-refractivity contribution in [1.82, 2.24) is 4.98 Å². The molecule has 0 aliphatic rings. The molecule has 2 rings (SSSR count). The molecule has 0 fully saturated rings. The molecule has 0 amide bonds. The predicted molar refractivity (Wildman–Crippen MR) is 60.2 cm³/mol. The fourth-order valence-corrected chi connectivity index (χ4v) is 2.01. The highest BCUT2D eigenvalue weighted by atomic mass is 79.9. The number of hydrogen-bond acceptors (Lipinski definition) is 3. The molecule has 0 unspecified atom stereocenters. The number of hydrogen-bond donors (Lipinski definition) is 2. The first-order chi connectivity index (χ1) is 7.49. The number of halogens is 2. The number of nitrogens with one attached hydrogen (secondary N) is 1. The van der Waals surface area contributed by atoms with Gasteiger partial charge >= 0.3 is 0 Å². The van der Waals surface area contributed by atoms with E-state index in [2.05, 4.69) is 20.9 Å². The maximum atomic E-state index is 13.1. The number of benzene rings is 1. The number of rotatable bonds is 0. The molecule has 1 aromatic heterocycles. The SMILES string of the molecule is O=c1cc(O)c2c(Br)cc(F)cc2[nH]c1=O. The zero-order valence-corrected chi connectivity index (χ0v) is 9.34. The van der Waals surface area contributed by atoms with E-state index >= 15 is 0 Å². The number of aromatic nitrogens is 1. The van der Waals surface area contributed by atoms with Gasteiger partial charge in [-0.3, -0.25) is 9.59 Å². The van der Waals surface area contributed by atoms with Crippen LogP contribution in [0.1, 0.15) is 0 Å². The first-order valence-corrected chi connectivity index (χ1v) is 5.03. The molecule has 0 aliphatic heterocycles. The summed E-state index contributed by atoms with van der Waals surface area (Å²) in [5.74, 6) is -0.974. The highest BCUT2D eigenvalue weighted by Gasteiger charge is 2.08. The molecular formula is C10H5BrFNO3. The van der Waals surface area contributed by atoms with Gasteiger partial charge < -0.3 is 10.1 Å². The molecule has 0 spiro atoms. The monoisotopic (exact) mass is 285 g/mol. The van der Waals surface area contributed by atoms with Gasteiger partial charge in [0.1, 0.15) is 11.6 Å². The summed E-state index contributed by atoms with van der Waals surface area (Å²) in [6, 6.07) is 2.95. The lowest BCUT2D eigenvalue weighted by molar-refractivity contribution is 0.481. The Labute approximate surface area is 96.5 Å². The Morgan fingerprint density at radius 1 is 1.25 bits per heavy atom. The van der Waals surface area contributed by atoms with E-state index in [0.717, 1.165) is 18.2 Å². The Morgan fingerprint density at radius 2 is 1.94 bits per heavy atom. The molecule has 82 valence electrons. The van der Waals surface area contributed by atoms with E-state index in [9.17, 15) is 19.1 Å². The van der Waals surface area contributed by atoms with Gasteiger partial charge in [-0.25, -0.2) is 4.39 Å². The quantitative estimate of drug-likeness (QED) is 0.721. The number of H-pyrrole nitrogens is 1. The van der Waals surface area contributed by atoms with Crippen LogP contribution in [-0.2, 0) is 0 Å². The van der Waals surface area contributed by atoms with E-state index in [4.69, 9.17) is 0 Å². The van der Waals surface area contributed by atoms with Crippen molar-refractivity contribution in [1.29, 1.82) is 0 Å². The lowest BCUT2D eigenvalue weighted by Crippen LogP contribution is -2.22. The molecule has 0 bridgehead atoms. The van der Waals surface area contributed by atoms with Gasteiger partial charge in [0.2, 0.25) is 5.43 Å². The first kappa shape index (κ1) is 10.8. The van der Waals surface area contributed by atoms with Gasteiger partial charge in [0.25, 0.3) is 5.56 Å². The van der Waals surface area contributed by atoms with Crippen LogP contribution in [0.4, 0.5) is 4.39 Å². The van der Waals surface area contributed by atoms with E-state index in [1.165, 1.54) is 0 Å².